The zero-order chi connectivity index (χ0) is 10.8. The highest BCUT2D eigenvalue weighted by molar-refractivity contribution is 5.70. The van der Waals surface area contributed by atoms with Crippen LogP contribution in [0.5, 0.6) is 0 Å². The molecule has 0 spiro atoms. The smallest absolute Gasteiger partial charge is 0.307 e. The fourth-order valence-corrected chi connectivity index (χ4v) is 2.40. The first-order chi connectivity index (χ1) is 6.41. The fraction of sp³-hybridized carbons (Fsp3) is 0.917. The van der Waals surface area contributed by atoms with E-state index in [0.717, 1.165) is 6.42 Å². The van der Waals surface area contributed by atoms with Crippen molar-refractivity contribution in [2.24, 2.45) is 17.3 Å². The minimum absolute atomic E-state index is 0.103. The summed E-state index contributed by atoms with van der Waals surface area (Å²) in [5.41, 5.74) is -0.103. The highest BCUT2D eigenvalue weighted by atomic mass is 16.4. The third-order valence-corrected chi connectivity index (χ3v) is 3.39. The molecule has 2 heteroatoms. The number of hydrogen-bond donors (Lipinski definition) is 1. The summed E-state index contributed by atoms with van der Waals surface area (Å²) in [6, 6.07) is 0. The third-order valence-electron chi connectivity index (χ3n) is 3.39. The van der Waals surface area contributed by atoms with Gasteiger partial charge in [-0.3, -0.25) is 4.79 Å². The van der Waals surface area contributed by atoms with Gasteiger partial charge in [-0.25, -0.2) is 0 Å². The molecule has 1 aliphatic rings. The normalized spacial score (nSPS) is 21.1. The molecule has 0 aromatic heterocycles. The van der Waals surface area contributed by atoms with Gasteiger partial charge in [0.15, 0.2) is 0 Å². The molecule has 1 rings (SSSR count). The van der Waals surface area contributed by atoms with Crippen LogP contribution in [0.4, 0.5) is 0 Å². The summed E-state index contributed by atoms with van der Waals surface area (Å²) >= 11 is 0. The lowest BCUT2D eigenvalue weighted by atomic mass is 9.75. The Hall–Kier alpha value is -0.530. The van der Waals surface area contributed by atoms with E-state index in [1.807, 2.05) is 20.8 Å². The average Bonchev–Trinajstić information content (AvgIpc) is 2.48. The first-order valence-corrected chi connectivity index (χ1v) is 5.64. The molecular formula is C12H22O2. The maximum atomic E-state index is 11.1. The van der Waals surface area contributed by atoms with Crippen LogP contribution in [0.1, 0.15) is 52.9 Å². The van der Waals surface area contributed by atoms with E-state index >= 15 is 0 Å². The van der Waals surface area contributed by atoms with E-state index in [4.69, 9.17) is 5.11 Å². The molecule has 1 aliphatic carbocycles. The molecule has 0 bridgehead atoms. The Morgan fingerprint density at radius 3 is 2.21 bits per heavy atom. The van der Waals surface area contributed by atoms with E-state index < -0.39 is 5.97 Å². The zero-order valence-corrected chi connectivity index (χ0v) is 9.55. The minimum Gasteiger partial charge on any atom is -0.481 e. The van der Waals surface area contributed by atoms with Crippen molar-refractivity contribution in [3.05, 3.63) is 0 Å². The molecule has 1 N–H and O–H groups in total. The van der Waals surface area contributed by atoms with Crippen molar-refractivity contribution in [2.45, 2.75) is 52.9 Å². The molecule has 1 fully saturated rings. The van der Waals surface area contributed by atoms with Gasteiger partial charge in [-0.1, -0.05) is 46.5 Å². The fourth-order valence-electron chi connectivity index (χ4n) is 2.40. The lowest BCUT2D eigenvalue weighted by Crippen LogP contribution is -2.30. The van der Waals surface area contributed by atoms with Gasteiger partial charge in [0.2, 0.25) is 0 Å². The quantitative estimate of drug-likeness (QED) is 0.755. The highest BCUT2D eigenvalue weighted by Crippen LogP contribution is 2.37. The Balaban J connectivity index is 2.55. The third kappa shape index (κ3) is 3.00. The van der Waals surface area contributed by atoms with Crippen LogP contribution in [-0.4, -0.2) is 11.1 Å². The summed E-state index contributed by atoms with van der Waals surface area (Å²) in [7, 11) is 0. The lowest BCUT2D eigenvalue weighted by Gasteiger charge is -2.29. The molecule has 2 nitrogen and oxygen atoms in total. The van der Waals surface area contributed by atoms with Gasteiger partial charge in [-0.2, -0.15) is 0 Å². The van der Waals surface area contributed by atoms with Crippen molar-refractivity contribution in [3.63, 3.8) is 0 Å². The molecule has 0 radical (unpaired) electrons. The largest absolute Gasteiger partial charge is 0.481 e. The topological polar surface area (TPSA) is 37.3 Å². The standard InChI is InChI=1S/C12H22O2/c1-12(2,3)10(11(13)14)8-9-6-4-5-7-9/h9-10H,4-8H2,1-3H3,(H,13,14). The van der Waals surface area contributed by atoms with E-state index in [-0.39, 0.29) is 11.3 Å². The van der Waals surface area contributed by atoms with Gasteiger partial charge < -0.3 is 5.11 Å². The molecule has 0 amide bonds. The van der Waals surface area contributed by atoms with Crippen LogP contribution < -0.4 is 0 Å². The summed E-state index contributed by atoms with van der Waals surface area (Å²) in [6.07, 6.45) is 5.93. The van der Waals surface area contributed by atoms with E-state index in [1.165, 1.54) is 25.7 Å². The van der Waals surface area contributed by atoms with Gasteiger partial charge in [0.25, 0.3) is 0 Å². The van der Waals surface area contributed by atoms with Gasteiger partial charge in [-0.05, 0) is 17.8 Å². The number of aliphatic carboxylic acids is 1. The summed E-state index contributed by atoms with van der Waals surface area (Å²) in [4.78, 5) is 11.1. The summed E-state index contributed by atoms with van der Waals surface area (Å²) in [5, 5.41) is 9.17. The van der Waals surface area contributed by atoms with Gasteiger partial charge in [0.1, 0.15) is 0 Å². The van der Waals surface area contributed by atoms with Crippen LogP contribution in [0.3, 0.4) is 0 Å². The van der Waals surface area contributed by atoms with Gasteiger partial charge in [-0.15, -0.1) is 0 Å². The molecular weight excluding hydrogens is 176 g/mol. The summed E-state index contributed by atoms with van der Waals surface area (Å²) in [6.45, 7) is 6.09. The molecule has 0 aromatic carbocycles. The van der Waals surface area contributed by atoms with Crippen molar-refractivity contribution in [1.29, 1.82) is 0 Å². The Labute approximate surface area is 86.7 Å². The van der Waals surface area contributed by atoms with E-state index in [0.29, 0.717) is 5.92 Å². The Morgan fingerprint density at radius 2 is 1.86 bits per heavy atom. The first kappa shape index (κ1) is 11.5. The second-order valence-corrected chi connectivity index (χ2v) is 5.64. The molecule has 1 atom stereocenters. The molecule has 82 valence electrons. The minimum atomic E-state index is -0.621. The Kier molecular flexibility index (Phi) is 3.57. The van der Waals surface area contributed by atoms with E-state index in [2.05, 4.69) is 0 Å². The summed E-state index contributed by atoms with van der Waals surface area (Å²) < 4.78 is 0. The molecule has 0 saturated heterocycles. The Morgan fingerprint density at radius 1 is 1.36 bits per heavy atom. The van der Waals surface area contributed by atoms with E-state index in [9.17, 15) is 4.79 Å². The van der Waals surface area contributed by atoms with Crippen molar-refractivity contribution in [1.82, 2.24) is 0 Å². The van der Waals surface area contributed by atoms with E-state index in [1.54, 1.807) is 0 Å². The first-order valence-electron chi connectivity index (χ1n) is 5.64. The molecule has 0 aliphatic heterocycles. The predicted octanol–water partition coefficient (Wildman–Crippen LogP) is 3.31. The molecule has 0 heterocycles. The van der Waals surface area contributed by atoms with Crippen molar-refractivity contribution in [2.75, 3.05) is 0 Å². The number of carboxylic acids is 1. The molecule has 1 unspecified atom stereocenters. The van der Waals surface area contributed by atoms with Gasteiger partial charge in [0, 0.05) is 0 Å². The van der Waals surface area contributed by atoms with Crippen LogP contribution in [0.2, 0.25) is 0 Å². The maximum Gasteiger partial charge on any atom is 0.307 e. The number of carbonyl (C=O) groups is 1. The number of rotatable bonds is 3. The Bertz CT molecular complexity index is 197. The van der Waals surface area contributed by atoms with Crippen LogP contribution in [0.15, 0.2) is 0 Å². The lowest BCUT2D eigenvalue weighted by molar-refractivity contribution is -0.146. The molecule has 14 heavy (non-hydrogen) atoms. The van der Waals surface area contributed by atoms with Crippen LogP contribution in [-0.2, 0) is 4.79 Å². The maximum absolute atomic E-state index is 11.1. The number of carboxylic acid groups (broad SMARTS) is 1. The van der Waals surface area contributed by atoms with Crippen molar-refractivity contribution in [3.8, 4) is 0 Å². The van der Waals surface area contributed by atoms with Gasteiger partial charge >= 0.3 is 5.97 Å². The molecule has 1 saturated carbocycles. The summed E-state index contributed by atoms with van der Waals surface area (Å²) in [5.74, 6) is -0.134. The van der Waals surface area contributed by atoms with Crippen molar-refractivity contribution >= 4 is 5.97 Å². The highest BCUT2D eigenvalue weighted by Gasteiger charge is 2.33. The van der Waals surface area contributed by atoms with Gasteiger partial charge in [0.05, 0.1) is 5.92 Å². The average molecular weight is 198 g/mol. The number of hydrogen-bond acceptors (Lipinski definition) is 1. The predicted molar refractivity (Wildman–Crippen MR) is 57.2 cm³/mol. The zero-order valence-electron chi connectivity index (χ0n) is 9.55. The van der Waals surface area contributed by atoms with Crippen LogP contribution >= 0.6 is 0 Å². The van der Waals surface area contributed by atoms with Crippen LogP contribution in [0.25, 0.3) is 0 Å². The van der Waals surface area contributed by atoms with Crippen LogP contribution in [0, 0.1) is 17.3 Å². The second-order valence-electron chi connectivity index (χ2n) is 5.64. The second kappa shape index (κ2) is 4.33. The SMILES string of the molecule is CC(C)(C)C(CC1CCCC1)C(=O)O. The molecule has 0 aromatic rings. The van der Waals surface area contributed by atoms with Crippen molar-refractivity contribution < 1.29 is 9.90 Å². The monoisotopic (exact) mass is 198 g/mol.